The van der Waals surface area contributed by atoms with Gasteiger partial charge >= 0.3 is 0 Å². The Bertz CT molecular complexity index is 1200. The van der Waals surface area contributed by atoms with Gasteiger partial charge in [0.05, 0.1) is 10.6 Å². The molecule has 7 heteroatoms. The van der Waals surface area contributed by atoms with E-state index in [2.05, 4.69) is 5.32 Å². The fourth-order valence-electron chi connectivity index (χ4n) is 3.92. The van der Waals surface area contributed by atoms with E-state index in [9.17, 15) is 13.2 Å². The molecule has 0 saturated carbocycles. The number of carbonyl (C=O) groups is 1. The van der Waals surface area contributed by atoms with Gasteiger partial charge in [0, 0.05) is 6.04 Å². The van der Waals surface area contributed by atoms with Crippen molar-refractivity contribution in [1.82, 2.24) is 5.32 Å². The lowest BCUT2D eigenvalue weighted by atomic mass is 9.93. The van der Waals surface area contributed by atoms with E-state index in [-0.39, 0.29) is 35.2 Å². The number of anilines is 1. The standard InChI is InChI=1S/C28H34N2O4S/c1-20(2)28(21(3)4)29-27(31)19-30(35(32,33)26-17-11-22(5)12-18-26)23-13-15-25(16-14-23)34-24-9-7-6-8-10-24/h6-18,20-21,28H,19H2,1-5H3,(H,29,31). The van der Waals surface area contributed by atoms with Crippen molar-refractivity contribution in [2.45, 2.75) is 45.6 Å². The number of amides is 1. The monoisotopic (exact) mass is 494 g/mol. The van der Waals surface area contributed by atoms with Crippen LogP contribution in [-0.4, -0.2) is 26.9 Å². The van der Waals surface area contributed by atoms with E-state index in [4.69, 9.17) is 4.74 Å². The minimum absolute atomic E-state index is 0.0620. The summed E-state index contributed by atoms with van der Waals surface area (Å²) in [5.74, 6) is 1.33. The SMILES string of the molecule is Cc1ccc(S(=O)(=O)N(CC(=O)NC(C(C)C)C(C)C)c2ccc(Oc3ccccc3)cc2)cc1. The van der Waals surface area contributed by atoms with Crippen LogP contribution in [0.4, 0.5) is 5.69 Å². The van der Waals surface area contributed by atoms with Crippen LogP contribution in [0.3, 0.4) is 0 Å². The Kier molecular flexibility index (Phi) is 8.57. The molecule has 0 saturated heterocycles. The Morgan fingerprint density at radius 2 is 1.37 bits per heavy atom. The zero-order chi connectivity index (χ0) is 25.6. The number of carbonyl (C=O) groups excluding carboxylic acids is 1. The summed E-state index contributed by atoms with van der Waals surface area (Å²) in [6, 6.07) is 22.6. The summed E-state index contributed by atoms with van der Waals surface area (Å²) in [7, 11) is -3.98. The highest BCUT2D eigenvalue weighted by atomic mass is 32.2. The van der Waals surface area contributed by atoms with E-state index in [0.29, 0.717) is 17.2 Å². The van der Waals surface area contributed by atoms with Crippen LogP contribution in [0.5, 0.6) is 11.5 Å². The molecule has 0 aliphatic heterocycles. The first-order valence-corrected chi connectivity index (χ1v) is 13.2. The maximum atomic E-state index is 13.6. The second-order valence-corrected chi connectivity index (χ2v) is 11.2. The van der Waals surface area contributed by atoms with Crippen LogP contribution in [0.2, 0.25) is 0 Å². The minimum atomic E-state index is -3.98. The molecule has 1 N–H and O–H groups in total. The number of rotatable bonds is 10. The van der Waals surface area contributed by atoms with Gasteiger partial charge in [-0.1, -0.05) is 63.6 Å². The first kappa shape index (κ1) is 26.3. The predicted octanol–water partition coefficient (Wildman–Crippen LogP) is 5.78. The lowest BCUT2D eigenvalue weighted by Gasteiger charge is -2.29. The zero-order valence-electron chi connectivity index (χ0n) is 20.9. The van der Waals surface area contributed by atoms with E-state index in [1.54, 1.807) is 48.5 Å². The quantitative estimate of drug-likeness (QED) is 0.388. The van der Waals surface area contributed by atoms with Gasteiger partial charge in [-0.25, -0.2) is 8.42 Å². The van der Waals surface area contributed by atoms with Crippen LogP contribution in [0, 0.1) is 18.8 Å². The number of ether oxygens (including phenoxy) is 1. The summed E-state index contributed by atoms with van der Waals surface area (Å²) in [6.07, 6.45) is 0. The van der Waals surface area contributed by atoms with Crippen molar-refractivity contribution < 1.29 is 17.9 Å². The molecule has 186 valence electrons. The molecule has 0 spiro atoms. The molecule has 0 fully saturated rings. The normalized spacial score (nSPS) is 11.7. The van der Waals surface area contributed by atoms with Gasteiger partial charge in [0.15, 0.2) is 0 Å². The smallest absolute Gasteiger partial charge is 0.264 e. The number of hydrogen-bond donors (Lipinski definition) is 1. The maximum Gasteiger partial charge on any atom is 0.264 e. The number of para-hydroxylation sites is 1. The summed E-state index contributed by atoms with van der Waals surface area (Å²) in [5.41, 5.74) is 1.33. The summed E-state index contributed by atoms with van der Waals surface area (Å²) >= 11 is 0. The van der Waals surface area contributed by atoms with Crippen LogP contribution in [0.1, 0.15) is 33.3 Å². The Balaban J connectivity index is 1.91. The van der Waals surface area contributed by atoms with E-state index in [1.165, 1.54) is 0 Å². The molecule has 3 aromatic carbocycles. The maximum absolute atomic E-state index is 13.6. The van der Waals surface area contributed by atoms with Crippen molar-refractivity contribution in [3.8, 4) is 11.5 Å². The highest BCUT2D eigenvalue weighted by molar-refractivity contribution is 7.92. The second kappa shape index (κ2) is 11.4. The van der Waals surface area contributed by atoms with Gasteiger partial charge in [-0.2, -0.15) is 0 Å². The molecule has 6 nitrogen and oxygen atoms in total. The molecule has 3 rings (SSSR count). The molecule has 0 atom stereocenters. The van der Waals surface area contributed by atoms with Crippen molar-refractivity contribution in [2.24, 2.45) is 11.8 Å². The van der Waals surface area contributed by atoms with Crippen LogP contribution in [0.15, 0.2) is 83.8 Å². The Hall–Kier alpha value is -3.32. The van der Waals surface area contributed by atoms with Gasteiger partial charge in [-0.05, 0) is 67.3 Å². The van der Waals surface area contributed by atoms with E-state index in [0.717, 1.165) is 9.87 Å². The van der Waals surface area contributed by atoms with Crippen LogP contribution < -0.4 is 14.4 Å². The molecular formula is C28H34N2O4S. The molecule has 0 heterocycles. The number of aryl methyl sites for hydroxylation is 1. The van der Waals surface area contributed by atoms with Crippen molar-refractivity contribution in [3.63, 3.8) is 0 Å². The van der Waals surface area contributed by atoms with E-state index in [1.807, 2.05) is 65.0 Å². The van der Waals surface area contributed by atoms with Gasteiger partial charge in [0.1, 0.15) is 18.0 Å². The molecule has 0 radical (unpaired) electrons. The molecule has 0 aromatic heterocycles. The molecule has 35 heavy (non-hydrogen) atoms. The van der Waals surface area contributed by atoms with Crippen LogP contribution in [-0.2, 0) is 14.8 Å². The predicted molar refractivity (Wildman–Crippen MR) is 140 cm³/mol. The van der Waals surface area contributed by atoms with E-state index < -0.39 is 10.0 Å². The summed E-state index contributed by atoms with van der Waals surface area (Å²) < 4.78 is 34.2. The minimum Gasteiger partial charge on any atom is -0.457 e. The van der Waals surface area contributed by atoms with Crippen molar-refractivity contribution in [3.05, 3.63) is 84.4 Å². The number of sulfonamides is 1. The molecule has 0 bridgehead atoms. The van der Waals surface area contributed by atoms with Crippen LogP contribution >= 0.6 is 0 Å². The van der Waals surface area contributed by atoms with Gasteiger partial charge in [0.25, 0.3) is 10.0 Å². The highest BCUT2D eigenvalue weighted by Crippen LogP contribution is 2.28. The third kappa shape index (κ3) is 6.85. The van der Waals surface area contributed by atoms with Gasteiger partial charge in [0.2, 0.25) is 5.91 Å². The number of hydrogen-bond acceptors (Lipinski definition) is 4. The highest BCUT2D eigenvalue weighted by Gasteiger charge is 2.29. The van der Waals surface area contributed by atoms with Gasteiger partial charge in [-0.3, -0.25) is 9.10 Å². The van der Waals surface area contributed by atoms with Gasteiger partial charge in [-0.15, -0.1) is 0 Å². The van der Waals surface area contributed by atoms with Crippen LogP contribution in [0.25, 0.3) is 0 Å². The zero-order valence-corrected chi connectivity index (χ0v) is 21.7. The number of benzene rings is 3. The molecule has 0 unspecified atom stereocenters. The third-order valence-corrected chi connectivity index (χ3v) is 7.55. The molecular weight excluding hydrogens is 460 g/mol. The fourth-order valence-corrected chi connectivity index (χ4v) is 5.34. The second-order valence-electron chi connectivity index (χ2n) is 9.32. The largest absolute Gasteiger partial charge is 0.457 e. The summed E-state index contributed by atoms with van der Waals surface area (Å²) in [6.45, 7) is 9.72. The third-order valence-electron chi connectivity index (χ3n) is 5.76. The Labute approximate surface area is 209 Å². The Morgan fingerprint density at radius 1 is 0.829 bits per heavy atom. The molecule has 3 aromatic rings. The number of nitrogens with zero attached hydrogens (tertiary/aromatic N) is 1. The first-order chi connectivity index (χ1) is 16.6. The summed E-state index contributed by atoms with van der Waals surface area (Å²) in [5, 5.41) is 3.02. The molecule has 0 aliphatic rings. The average molecular weight is 495 g/mol. The lowest BCUT2D eigenvalue weighted by molar-refractivity contribution is -0.121. The molecule has 1 amide bonds. The lowest BCUT2D eigenvalue weighted by Crippen LogP contribution is -2.47. The topological polar surface area (TPSA) is 75.7 Å². The molecule has 0 aliphatic carbocycles. The van der Waals surface area contributed by atoms with Gasteiger partial charge < -0.3 is 10.1 Å². The van der Waals surface area contributed by atoms with Crippen molar-refractivity contribution in [2.75, 3.05) is 10.8 Å². The van der Waals surface area contributed by atoms with Crippen molar-refractivity contribution >= 4 is 21.6 Å². The average Bonchev–Trinajstić information content (AvgIpc) is 2.82. The number of nitrogens with one attached hydrogen (secondary N) is 1. The van der Waals surface area contributed by atoms with Crippen molar-refractivity contribution in [1.29, 1.82) is 0 Å². The first-order valence-electron chi connectivity index (χ1n) is 11.8. The Morgan fingerprint density at radius 3 is 1.91 bits per heavy atom. The van der Waals surface area contributed by atoms with E-state index >= 15 is 0 Å². The fraction of sp³-hybridized carbons (Fsp3) is 0.321. The summed E-state index contributed by atoms with van der Waals surface area (Å²) in [4.78, 5) is 13.2.